The molecule has 0 bridgehead atoms. The summed E-state index contributed by atoms with van der Waals surface area (Å²) in [6, 6.07) is 0. The highest BCUT2D eigenvalue weighted by molar-refractivity contribution is 5.68. The summed E-state index contributed by atoms with van der Waals surface area (Å²) < 4.78 is 0. The minimum Gasteiger partial charge on any atom is -0.481 e. The molecule has 6 nitrogen and oxygen atoms in total. The Labute approximate surface area is 222 Å². The van der Waals surface area contributed by atoms with Crippen LogP contribution in [-0.2, 0) is 4.79 Å². The summed E-state index contributed by atoms with van der Waals surface area (Å²) in [5.74, 6) is -0.838. The van der Waals surface area contributed by atoms with E-state index in [2.05, 4.69) is 33.8 Å². The summed E-state index contributed by atoms with van der Waals surface area (Å²) in [4.78, 5) is 12.1. The molecule has 0 spiro atoms. The number of carboxylic acid groups (broad SMARTS) is 1. The lowest BCUT2D eigenvalue weighted by atomic mass is 9.32. The summed E-state index contributed by atoms with van der Waals surface area (Å²) in [5, 5.41) is 56.0. The van der Waals surface area contributed by atoms with Crippen LogP contribution in [0.4, 0.5) is 0 Å². The first kappa shape index (κ1) is 27.6. The number of allylic oxidation sites excluding steroid dienone is 1. The number of aliphatic hydroxyl groups is 4. The second-order valence-electron chi connectivity index (χ2n) is 15.4. The van der Waals surface area contributed by atoms with Crippen molar-refractivity contribution >= 4 is 5.97 Å². The molecule has 0 aliphatic heterocycles. The normalized spacial score (nSPS) is 56.7. The Morgan fingerprint density at radius 3 is 2.27 bits per heavy atom. The standard InChI is InChI=1S/C31H50O6/c1-17-10-11-31(16-23(34)35)13-12-28(5)18(24(31)30(17,7)37)8-9-20-27(4)15-19(32)25(36)26(2,3)21(27)14-22(33)29(20,28)6/h8,17,19-22,24-25,32-33,36-37H,9-16H2,1-7H3,(H,34,35)/t17-,19+,20-,21?,22+,24+,25-,27-,28-,29+,30-,31-/m1/s1. The Morgan fingerprint density at radius 1 is 1.00 bits per heavy atom. The molecular formula is C31H50O6. The van der Waals surface area contributed by atoms with E-state index >= 15 is 0 Å². The first-order valence-corrected chi connectivity index (χ1v) is 14.6. The van der Waals surface area contributed by atoms with Crippen molar-refractivity contribution < 1.29 is 30.3 Å². The van der Waals surface area contributed by atoms with Crippen molar-refractivity contribution in [2.45, 2.75) is 124 Å². The van der Waals surface area contributed by atoms with Gasteiger partial charge in [-0.1, -0.05) is 53.2 Å². The van der Waals surface area contributed by atoms with E-state index in [0.717, 1.165) is 37.7 Å². The second-order valence-corrected chi connectivity index (χ2v) is 15.4. The Balaban J connectivity index is 1.67. The molecule has 4 fully saturated rings. The van der Waals surface area contributed by atoms with Gasteiger partial charge in [-0.15, -0.1) is 0 Å². The molecule has 0 aromatic heterocycles. The van der Waals surface area contributed by atoms with Crippen LogP contribution >= 0.6 is 0 Å². The van der Waals surface area contributed by atoms with Crippen molar-refractivity contribution in [1.82, 2.24) is 0 Å². The van der Waals surface area contributed by atoms with E-state index in [9.17, 15) is 30.3 Å². The molecule has 1 unspecified atom stereocenters. The Hall–Kier alpha value is -0.950. The van der Waals surface area contributed by atoms with Crippen LogP contribution in [0.1, 0.15) is 99.8 Å². The van der Waals surface area contributed by atoms with Gasteiger partial charge in [-0.05, 0) is 91.3 Å². The van der Waals surface area contributed by atoms with Gasteiger partial charge in [-0.2, -0.15) is 0 Å². The molecule has 210 valence electrons. The summed E-state index contributed by atoms with van der Waals surface area (Å²) in [6.45, 7) is 14.8. The van der Waals surface area contributed by atoms with Crippen LogP contribution in [0.3, 0.4) is 0 Å². The minimum absolute atomic E-state index is 0.0576. The third-order valence-electron chi connectivity index (χ3n) is 13.7. The second kappa shape index (κ2) is 8.05. The lowest BCUT2D eigenvalue weighted by molar-refractivity contribution is -0.266. The molecule has 0 heterocycles. The van der Waals surface area contributed by atoms with Gasteiger partial charge in [-0.25, -0.2) is 0 Å². The van der Waals surface area contributed by atoms with Crippen LogP contribution in [-0.4, -0.2) is 55.4 Å². The summed E-state index contributed by atoms with van der Waals surface area (Å²) in [5.41, 5.74) is -2.02. The van der Waals surface area contributed by atoms with Gasteiger partial charge in [0.25, 0.3) is 0 Å². The van der Waals surface area contributed by atoms with Crippen LogP contribution in [0.15, 0.2) is 11.6 Å². The topological polar surface area (TPSA) is 118 Å². The van der Waals surface area contributed by atoms with E-state index in [1.807, 2.05) is 20.8 Å². The quantitative estimate of drug-likeness (QED) is 0.343. The number of aliphatic hydroxyl groups excluding tert-OH is 3. The zero-order valence-electron chi connectivity index (χ0n) is 23.9. The average molecular weight is 519 g/mol. The van der Waals surface area contributed by atoms with Gasteiger partial charge in [0.2, 0.25) is 0 Å². The van der Waals surface area contributed by atoms with Crippen LogP contribution in [0.25, 0.3) is 0 Å². The smallest absolute Gasteiger partial charge is 0.303 e. The Bertz CT molecular complexity index is 1000. The molecule has 5 aliphatic rings. The zero-order valence-corrected chi connectivity index (χ0v) is 23.9. The molecule has 0 aromatic carbocycles. The molecule has 0 aromatic rings. The number of carboxylic acids is 1. The van der Waals surface area contributed by atoms with Crippen LogP contribution < -0.4 is 0 Å². The maximum atomic E-state index is 12.1. The predicted molar refractivity (Wildman–Crippen MR) is 141 cm³/mol. The van der Waals surface area contributed by atoms with E-state index in [0.29, 0.717) is 12.8 Å². The number of hydrogen-bond donors (Lipinski definition) is 5. The van der Waals surface area contributed by atoms with Crippen molar-refractivity contribution in [3.8, 4) is 0 Å². The van der Waals surface area contributed by atoms with Gasteiger partial charge >= 0.3 is 5.97 Å². The van der Waals surface area contributed by atoms with Gasteiger partial charge in [0.05, 0.1) is 30.3 Å². The van der Waals surface area contributed by atoms with E-state index in [1.165, 1.54) is 0 Å². The molecule has 0 amide bonds. The maximum Gasteiger partial charge on any atom is 0.303 e. The lowest BCUT2D eigenvalue weighted by Gasteiger charge is -2.73. The number of carbonyl (C=O) groups is 1. The largest absolute Gasteiger partial charge is 0.481 e. The van der Waals surface area contributed by atoms with Crippen molar-refractivity contribution in [3.63, 3.8) is 0 Å². The Kier molecular flexibility index (Phi) is 6.01. The monoisotopic (exact) mass is 518 g/mol. The number of rotatable bonds is 2. The van der Waals surface area contributed by atoms with Gasteiger partial charge in [0, 0.05) is 11.3 Å². The third-order valence-corrected chi connectivity index (χ3v) is 13.7. The van der Waals surface area contributed by atoms with Gasteiger partial charge < -0.3 is 25.5 Å². The van der Waals surface area contributed by atoms with Gasteiger partial charge in [0.15, 0.2) is 0 Å². The molecule has 12 atom stereocenters. The van der Waals surface area contributed by atoms with Crippen LogP contribution in [0, 0.1) is 50.7 Å². The minimum atomic E-state index is -1.02. The highest BCUT2D eigenvalue weighted by atomic mass is 16.4. The first-order valence-electron chi connectivity index (χ1n) is 14.6. The molecule has 4 saturated carbocycles. The third kappa shape index (κ3) is 3.28. The highest BCUT2D eigenvalue weighted by Gasteiger charge is 2.73. The van der Waals surface area contributed by atoms with Gasteiger partial charge in [0.1, 0.15) is 0 Å². The molecule has 37 heavy (non-hydrogen) atoms. The number of aliphatic carboxylic acids is 1. The average Bonchev–Trinajstić information content (AvgIpc) is 2.78. The van der Waals surface area contributed by atoms with Crippen molar-refractivity contribution in [3.05, 3.63) is 11.6 Å². The molecule has 6 heteroatoms. The van der Waals surface area contributed by atoms with Crippen molar-refractivity contribution in [2.24, 2.45) is 50.7 Å². The van der Waals surface area contributed by atoms with Crippen LogP contribution in [0.5, 0.6) is 0 Å². The molecule has 5 aliphatic carbocycles. The van der Waals surface area contributed by atoms with E-state index in [4.69, 9.17) is 0 Å². The Morgan fingerprint density at radius 2 is 1.65 bits per heavy atom. The fourth-order valence-electron chi connectivity index (χ4n) is 11.3. The lowest BCUT2D eigenvalue weighted by Crippen LogP contribution is -2.71. The fourth-order valence-corrected chi connectivity index (χ4v) is 11.3. The molecule has 0 saturated heterocycles. The molecule has 0 radical (unpaired) electrons. The molecular weight excluding hydrogens is 468 g/mol. The zero-order chi connectivity index (χ0) is 27.6. The summed E-state index contributed by atoms with van der Waals surface area (Å²) >= 11 is 0. The van der Waals surface area contributed by atoms with Crippen molar-refractivity contribution in [1.29, 1.82) is 0 Å². The highest BCUT2D eigenvalue weighted by Crippen LogP contribution is 2.76. The number of hydrogen-bond acceptors (Lipinski definition) is 5. The van der Waals surface area contributed by atoms with Crippen LogP contribution in [0.2, 0.25) is 0 Å². The summed E-state index contributed by atoms with van der Waals surface area (Å²) in [6.07, 6.45) is 5.09. The van der Waals surface area contributed by atoms with E-state index in [1.54, 1.807) is 0 Å². The van der Waals surface area contributed by atoms with E-state index in [-0.39, 0.29) is 35.5 Å². The van der Waals surface area contributed by atoms with E-state index < -0.39 is 51.5 Å². The summed E-state index contributed by atoms with van der Waals surface area (Å²) in [7, 11) is 0. The molecule has 5 rings (SSSR count). The first-order chi connectivity index (χ1) is 16.9. The maximum absolute atomic E-state index is 12.1. The predicted octanol–water partition coefficient (Wildman–Crippen LogP) is 4.54. The SMILES string of the molecule is C[C@@H]1CC[C@]2(CC(=O)O)CC[C@]3(C)C(=CC[C@H]4[C@@]3(C)[C@@H](O)CC3C(C)(C)[C@H](O)[C@@H](O)C[C@@]34C)[C@H]2[C@]1(C)O. The fraction of sp³-hybridized carbons (Fsp3) is 0.903. The van der Waals surface area contributed by atoms with Crippen molar-refractivity contribution in [2.75, 3.05) is 0 Å². The van der Waals surface area contributed by atoms with Gasteiger partial charge in [-0.3, -0.25) is 4.79 Å². The molecule has 5 N–H and O–H groups in total. The number of fused-ring (bicyclic) bond motifs is 7.